The maximum atomic E-state index is 5.69. The number of nitrogens with one attached hydrogen (secondary N) is 2. The molecule has 2 aromatic heterocycles. The highest BCUT2D eigenvalue weighted by molar-refractivity contribution is 5.79. The van der Waals surface area contributed by atoms with Crippen LogP contribution in [0.3, 0.4) is 0 Å². The number of hydrogen-bond acceptors (Lipinski definition) is 5. The van der Waals surface area contributed by atoms with E-state index in [1.807, 2.05) is 24.3 Å². The maximum Gasteiger partial charge on any atom is 0.226 e. The van der Waals surface area contributed by atoms with Gasteiger partial charge in [-0.3, -0.25) is 9.89 Å². The second-order valence-corrected chi connectivity index (χ2v) is 7.59. The van der Waals surface area contributed by atoms with Gasteiger partial charge >= 0.3 is 0 Å². The fourth-order valence-corrected chi connectivity index (χ4v) is 3.75. The standard InChI is InChI=1S/C23H29N5O2/c1-17-7-9-18(10-8-17)22-27-19(16-30-22)14-25-23(24-2)26-15-20(21-6-5-13-29-21)28-11-3-4-12-28/h5-10,13,16,20H,3-4,11-12,14-15H2,1-2H3,(H2,24,25,26). The average Bonchev–Trinajstić information content (AvgIpc) is 3.54. The van der Waals surface area contributed by atoms with Crippen LogP contribution in [0.2, 0.25) is 0 Å². The zero-order valence-corrected chi connectivity index (χ0v) is 17.6. The van der Waals surface area contributed by atoms with Gasteiger partial charge in [0.25, 0.3) is 0 Å². The van der Waals surface area contributed by atoms with Gasteiger partial charge in [-0.1, -0.05) is 17.7 Å². The molecule has 0 bridgehead atoms. The van der Waals surface area contributed by atoms with E-state index in [2.05, 4.69) is 44.6 Å². The Morgan fingerprint density at radius 3 is 2.63 bits per heavy atom. The summed E-state index contributed by atoms with van der Waals surface area (Å²) in [4.78, 5) is 11.4. The van der Waals surface area contributed by atoms with Crippen molar-refractivity contribution in [2.24, 2.45) is 4.99 Å². The molecule has 0 amide bonds. The van der Waals surface area contributed by atoms with Crippen molar-refractivity contribution in [3.63, 3.8) is 0 Å². The molecule has 3 aromatic rings. The van der Waals surface area contributed by atoms with Crippen LogP contribution in [0.1, 0.15) is 35.9 Å². The Bertz CT molecular complexity index is 940. The van der Waals surface area contributed by atoms with Crippen LogP contribution in [0.5, 0.6) is 0 Å². The molecule has 0 spiro atoms. The molecule has 1 aromatic carbocycles. The van der Waals surface area contributed by atoms with Crippen LogP contribution in [0.15, 0.2) is 62.8 Å². The van der Waals surface area contributed by atoms with Gasteiger partial charge in [-0.05, 0) is 57.1 Å². The molecule has 1 unspecified atom stereocenters. The first-order valence-corrected chi connectivity index (χ1v) is 10.5. The summed E-state index contributed by atoms with van der Waals surface area (Å²) in [5, 5.41) is 6.75. The van der Waals surface area contributed by atoms with Crippen molar-refractivity contribution < 1.29 is 8.83 Å². The van der Waals surface area contributed by atoms with Crippen molar-refractivity contribution in [1.82, 2.24) is 20.5 Å². The number of aromatic nitrogens is 1. The molecule has 0 saturated carbocycles. The molecule has 7 heteroatoms. The SMILES string of the molecule is CN=C(NCc1coc(-c2ccc(C)cc2)n1)NCC(c1ccco1)N1CCCC1. The number of aryl methyl sites for hydroxylation is 1. The van der Waals surface area contributed by atoms with Crippen LogP contribution in [0.25, 0.3) is 11.5 Å². The molecule has 30 heavy (non-hydrogen) atoms. The van der Waals surface area contributed by atoms with E-state index in [4.69, 9.17) is 8.83 Å². The van der Waals surface area contributed by atoms with Crippen molar-refractivity contribution in [1.29, 1.82) is 0 Å². The van der Waals surface area contributed by atoms with E-state index in [0.717, 1.165) is 42.6 Å². The summed E-state index contributed by atoms with van der Waals surface area (Å²) in [5.41, 5.74) is 3.01. The number of likely N-dealkylation sites (tertiary alicyclic amines) is 1. The monoisotopic (exact) mass is 407 g/mol. The largest absolute Gasteiger partial charge is 0.468 e. The molecule has 3 heterocycles. The topological polar surface area (TPSA) is 78.8 Å². The fourth-order valence-electron chi connectivity index (χ4n) is 3.75. The highest BCUT2D eigenvalue weighted by atomic mass is 16.3. The van der Waals surface area contributed by atoms with Crippen molar-refractivity contribution in [2.75, 3.05) is 26.7 Å². The van der Waals surface area contributed by atoms with Gasteiger partial charge in [-0.25, -0.2) is 4.98 Å². The smallest absolute Gasteiger partial charge is 0.226 e. The third-order valence-electron chi connectivity index (χ3n) is 5.43. The van der Waals surface area contributed by atoms with Gasteiger partial charge in [0.05, 0.1) is 24.5 Å². The number of benzene rings is 1. The third kappa shape index (κ3) is 4.91. The molecule has 4 rings (SSSR count). The van der Waals surface area contributed by atoms with E-state index in [1.165, 1.54) is 18.4 Å². The van der Waals surface area contributed by atoms with Crippen LogP contribution in [-0.2, 0) is 6.54 Å². The van der Waals surface area contributed by atoms with Crippen molar-refractivity contribution in [2.45, 2.75) is 32.4 Å². The maximum absolute atomic E-state index is 5.69. The Morgan fingerprint density at radius 1 is 1.13 bits per heavy atom. The molecule has 7 nitrogen and oxygen atoms in total. The molecular formula is C23H29N5O2. The minimum absolute atomic E-state index is 0.196. The number of oxazole rings is 1. The molecule has 2 N–H and O–H groups in total. The third-order valence-corrected chi connectivity index (χ3v) is 5.43. The Labute approximate surface area is 177 Å². The van der Waals surface area contributed by atoms with Crippen molar-refractivity contribution in [3.05, 3.63) is 65.9 Å². The lowest BCUT2D eigenvalue weighted by molar-refractivity contribution is 0.215. The van der Waals surface area contributed by atoms with E-state index in [0.29, 0.717) is 12.4 Å². The predicted molar refractivity (Wildman–Crippen MR) is 117 cm³/mol. The normalized spacial score (nSPS) is 16.0. The van der Waals surface area contributed by atoms with E-state index >= 15 is 0 Å². The van der Waals surface area contributed by atoms with Gasteiger partial charge in [-0.2, -0.15) is 0 Å². The van der Waals surface area contributed by atoms with Gasteiger partial charge in [0, 0.05) is 19.2 Å². The van der Waals surface area contributed by atoms with Crippen LogP contribution < -0.4 is 10.6 Å². The first-order chi connectivity index (χ1) is 14.7. The van der Waals surface area contributed by atoms with E-state index in [-0.39, 0.29) is 6.04 Å². The Hall–Kier alpha value is -3.06. The molecular weight excluding hydrogens is 378 g/mol. The molecule has 1 atom stereocenters. The van der Waals surface area contributed by atoms with Crippen LogP contribution in [0, 0.1) is 6.92 Å². The summed E-state index contributed by atoms with van der Waals surface area (Å²) in [7, 11) is 1.77. The summed E-state index contributed by atoms with van der Waals surface area (Å²) in [5.74, 6) is 2.34. The van der Waals surface area contributed by atoms with E-state index in [1.54, 1.807) is 19.6 Å². The van der Waals surface area contributed by atoms with Gasteiger partial charge < -0.3 is 19.5 Å². The minimum Gasteiger partial charge on any atom is -0.468 e. The number of guanidine groups is 1. The highest BCUT2D eigenvalue weighted by Crippen LogP contribution is 2.25. The quantitative estimate of drug-likeness (QED) is 0.459. The summed E-state index contributed by atoms with van der Waals surface area (Å²) in [6.07, 6.45) is 5.90. The second kappa shape index (κ2) is 9.63. The zero-order chi connectivity index (χ0) is 20.8. The lowest BCUT2D eigenvalue weighted by Gasteiger charge is -2.26. The Kier molecular flexibility index (Phi) is 6.49. The Morgan fingerprint density at radius 2 is 1.93 bits per heavy atom. The molecule has 0 aliphatic carbocycles. The van der Waals surface area contributed by atoms with E-state index in [9.17, 15) is 0 Å². The molecule has 158 valence electrons. The Balaban J connectivity index is 1.33. The highest BCUT2D eigenvalue weighted by Gasteiger charge is 2.25. The van der Waals surface area contributed by atoms with Crippen LogP contribution >= 0.6 is 0 Å². The van der Waals surface area contributed by atoms with Crippen LogP contribution in [-0.4, -0.2) is 42.5 Å². The first-order valence-electron chi connectivity index (χ1n) is 10.5. The van der Waals surface area contributed by atoms with Crippen molar-refractivity contribution in [3.8, 4) is 11.5 Å². The first kappa shape index (κ1) is 20.2. The molecule has 1 aliphatic heterocycles. The number of nitrogens with zero attached hydrogens (tertiary/aromatic N) is 3. The molecule has 1 aliphatic rings. The zero-order valence-electron chi connectivity index (χ0n) is 17.6. The summed E-state index contributed by atoms with van der Waals surface area (Å²) < 4.78 is 11.3. The number of aliphatic imine (C=N–C) groups is 1. The van der Waals surface area contributed by atoms with Gasteiger partial charge in [0.1, 0.15) is 12.0 Å². The fraction of sp³-hybridized carbons (Fsp3) is 0.391. The van der Waals surface area contributed by atoms with Gasteiger partial charge in [0.15, 0.2) is 5.96 Å². The second-order valence-electron chi connectivity index (χ2n) is 7.59. The minimum atomic E-state index is 0.196. The number of rotatable bonds is 7. The summed E-state index contributed by atoms with van der Waals surface area (Å²) >= 11 is 0. The summed E-state index contributed by atoms with van der Waals surface area (Å²) in [6.45, 7) is 5.51. The van der Waals surface area contributed by atoms with Crippen molar-refractivity contribution >= 4 is 5.96 Å². The number of hydrogen-bond donors (Lipinski definition) is 2. The van der Waals surface area contributed by atoms with Gasteiger partial charge in [0.2, 0.25) is 5.89 Å². The lowest BCUT2D eigenvalue weighted by Crippen LogP contribution is -2.42. The molecule has 1 fully saturated rings. The number of furan rings is 1. The average molecular weight is 408 g/mol. The predicted octanol–water partition coefficient (Wildman–Crippen LogP) is 3.75. The van der Waals surface area contributed by atoms with Crippen LogP contribution in [0.4, 0.5) is 0 Å². The molecule has 0 radical (unpaired) electrons. The van der Waals surface area contributed by atoms with E-state index < -0.39 is 0 Å². The molecule has 1 saturated heterocycles. The lowest BCUT2D eigenvalue weighted by atomic mass is 10.1. The summed E-state index contributed by atoms with van der Waals surface area (Å²) in [6, 6.07) is 12.3. The van der Waals surface area contributed by atoms with Gasteiger partial charge in [-0.15, -0.1) is 0 Å².